The van der Waals surface area contributed by atoms with Crippen molar-refractivity contribution in [1.29, 1.82) is 0 Å². The number of pyridine rings is 1. The van der Waals surface area contributed by atoms with Gasteiger partial charge in [-0.15, -0.1) is 0 Å². The fraction of sp³-hybridized carbons (Fsp3) is 0.444. The second-order valence-electron chi connectivity index (χ2n) is 2.70. The summed E-state index contributed by atoms with van der Waals surface area (Å²) in [5, 5.41) is 0. The summed E-state index contributed by atoms with van der Waals surface area (Å²) in [4.78, 5) is 4.12. The highest BCUT2D eigenvalue weighted by Gasteiger charge is 1.91. The summed E-state index contributed by atoms with van der Waals surface area (Å²) in [6.45, 7) is 2.77. The number of aryl methyl sites for hydroxylation is 2. The lowest BCUT2D eigenvalue weighted by Gasteiger charge is -1.99. The van der Waals surface area contributed by atoms with Gasteiger partial charge in [-0.05, 0) is 44.0 Å². The number of nitrogens with zero attached hydrogens (tertiary/aromatic N) is 1. The Labute approximate surface area is 67.5 Å². The number of nitrogens with two attached hydrogens (primary N) is 1. The average molecular weight is 150 g/mol. The first-order chi connectivity index (χ1) is 5.33. The van der Waals surface area contributed by atoms with Gasteiger partial charge < -0.3 is 5.73 Å². The Morgan fingerprint density at radius 3 is 3.00 bits per heavy atom. The molecule has 0 amide bonds. The molecule has 0 fully saturated rings. The molecule has 0 spiro atoms. The molecule has 0 bridgehead atoms. The lowest BCUT2D eigenvalue weighted by Crippen LogP contribution is -2.00. The van der Waals surface area contributed by atoms with Gasteiger partial charge in [-0.2, -0.15) is 0 Å². The smallest absolute Gasteiger partial charge is 0.0375 e. The lowest BCUT2D eigenvalue weighted by molar-refractivity contribution is 0.829. The van der Waals surface area contributed by atoms with Crippen molar-refractivity contribution in [2.24, 2.45) is 5.73 Å². The van der Waals surface area contributed by atoms with Gasteiger partial charge in [-0.25, -0.2) is 0 Å². The molecule has 60 valence electrons. The van der Waals surface area contributed by atoms with Gasteiger partial charge in [0.05, 0.1) is 0 Å². The Morgan fingerprint density at radius 2 is 2.36 bits per heavy atom. The van der Waals surface area contributed by atoms with Crippen LogP contribution in [0.15, 0.2) is 18.3 Å². The normalized spacial score (nSPS) is 10.0. The molecule has 0 saturated carbocycles. The van der Waals surface area contributed by atoms with Crippen molar-refractivity contribution in [3.8, 4) is 0 Å². The minimum absolute atomic E-state index is 0.765. The zero-order chi connectivity index (χ0) is 8.10. The predicted molar refractivity (Wildman–Crippen MR) is 46.3 cm³/mol. The Hall–Kier alpha value is -0.890. The van der Waals surface area contributed by atoms with Crippen LogP contribution in [0.1, 0.15) is 17.7 Å². The zero-order valence-electron chi connectivity index (χ0n) is 6.88. The molecule has 0 aliphatic rings. The van der Waals surface area contributed by atoms with Crippen molar-refractivity contribution < 1.29 is 0 Å². The molecule has 1 aromatic rings. The van der Waals surface area contributed by atoms with E-state index in [1.165, 1.54) is 5.56 Å². The van der Waals surface area contributed by atoms with Gasteiger partial charge in [0.1, 0.15) is 0 Å². The number of hydrogen-bond donors (Lipinski definition) is 1. The third kappa shape index (κ3) is 2.68. The van der Waals surface area contributed by atoms with Crippen molar-refractivity contribution in [2.75, 3.05) is 6.54 Å². The summed E-state index contributed by atoms with van der Waals surface area (Å²) in [6, 6.07) is 4.15. The molecular formula is C9H14N2. The highest BCUT2D eigenvalue weighted by molar-refractivity contribution is 5.15. The maximum Gasteiger partial charge on any atom is 0.0375 e. The van der Waals surface area contributed by atoms with Gasteiger partial charge in [-0.3, -0.25) is 4.98 Å². The Kier molecular flexibility index (Phi) is 3.05. The molecular weight excluding hydrogens is 136 g/mol. The molecule has 0 aliphatic carbocycles. The summed E-state index contributed by atoms with van der Waals surface area (Å²) in [5.74, 6) is 0. The van der Waals surface area contributed by atoms with E-state index in [1.807, 2.05) is 19.2 Å². The van der Waals surface area contributed by atoms with Crippen LogP contribution < -0.4 is 5.73 Å². The van der Waals surface area contributed by atoms with Gasteiger partial charge in [0, 0.05) is 11.9 Å². The Bertz CT molecular complexity index is 221. The fourth-order valence-electron chi connectivity index (χ4n) is 1.07. The van der Waals surface area contributed by atoms with Crippen LogP contribution in [0.4, 0.5) is 0 Å². The van der Waals surface area contributed by atoms with Crippen LogP contribution in [0, 0.1) is 6.92 Å². The Balaban J connectivity index is 2.56. The van der Waals surface area contributed by atoms with Crippen LogP contribution in [0.5, 0.6) is 0 Å². The molecule has 1 rings (SSSR count). The van der Waals surface area contributed by atoms with Crippen molar-refractivity contribution >= 4 is 0 Å². The van der Waals surface area contributed by atoms with E-state index in [2.05, 4.69) is 11.1 Å². The van der Waals surface area contributed by atoms with Crippen LogP contribution in [-0.2, 0) is 6.42 Å². The predicted octanol–water partition coefficient (Wildman–Crippen LogP) is 1.28. The van der Waals surface area contributed by atoms with Gasteiger partial charge in [0.15, 0.2) is 0 Å². The summed E-state index contributed by atoms with van der Waals surface area (Å²) in [6.07, 6.45) is 3.98. The highest BCUT2D eigenvalue weighted by Crippen LogP contribution is 2.02. The summed E-state index contributed by atoms with van der Waals surface area (Å²) >= 11 is 0. The molecule has 0 unspecified atom stereocenters. The molecule has 2 N–H and O–H groups in total. The van der Waals surface area contributed by atoms with E-state index in [4.69, 9.17) is 5.73 Å². The van der Waals surface area contributed by atoms with Crippen LogP contribution >= 0.6 is 0 Å². The van der Waals surface area contributed by atoms with E-state index in [-0.39, 0.29) is 0 Å². The van der Waals surface area contributed by atoms with E-state index in [9.17, 15) is 0 Å². The molecule has 1 aromatic heterocycles. The maximum atomic E-state index is 5.40. The van der Waals surface area contributed by atoms with Crippen LogP contribution in [0.3, 0.4) is 0 Å². The topological polar surface area (TPSA) is 38.9 Å². The first kappa shape index (κ1) is 8.21. The van der Waals surface area contributed by atoms with Crippen LogP contribution in [0.2, 0.25) is 0 Å². The van der Waals surface area contributed by atoms with Crippen molar-refractivity contribution in [3.05, 3.63) is 29.6 Å². The number of rotatable bonds is 3. The first-order valence-corrected chi connectivity index (χ1v) is 3.94. The molecule has 1 heterocycles. The van der Waals surface area contributed by atoms with Gasteiger partial charge >= 0.3 is 0 Å². The lowest BCUT2D eigenvalue weighted by atomic mass is 10.1. The van der Waals surface area contributed by atoms with E-state index < -0.39 is 0 Å². The van der Waals surface area contributed by atoms with Gasteiger partial charge in [0.2, 0.25) is 0 Å². The summed E-state index contributed by atoms with van der Waals surface area (Å²) in [7, 11) is 0. The van der Waals surface area contributed by atoms with Gasteiger partial charge in [0.25, 0.3) is 0 Å². The molecule has 0 saturated heterocycles. The quantitative estimate of drug-likeness (QED) is 0.705. The number of hydrogen-bond acceptors (Lipinski definition) is 2. The monoisotopic (exact) mass is 150 g/mol. The van der Waals surface area contributed by atoms with Crippen LogP contribution in [0.25, 0.3) is 0 Å². The standard InChI is InChI=1S/C9H14N2/c1-8-7-9(3-2-5-10)4-6-11-8/h4,6-7H,2-3,5,10H2,1H3. The van der Waals surface area contributed by atoms with Crippen molar-refractivity contribution in [2.45, 2.75) is 19.8 Å². The van der Waals surface area contributed by atoms with E-state index in [0.29, 0.717) is 0 Å². The molecule has 0 radical (unpaired) electrons. The van der Waals surface area contributed by atoms with Crippen molar-refractivity contribution in [1.82, 2.24) is 4.98 Å². The van der Waals surface area contributed by atoms with E-state index >= 15 is 0 Å². The number of aromatic nitrogens is 1. The van der Waals surface area contributed by atoms with Crippen molar-refractivity contribution in [3.63, 3.8) is 0 Å². The molecule has 2 nitrogen and oxygen atoms in total. The van der Waals surface area contributed by atoms with Gasteiger partial charge in [-0.1, -0.05) is 0 Å². The summed E-state index contributed by atoms with van der Waals surface area (Å²) < 4.78 is 0. The minimum atomic E-state index is 0.765. The van der Waals surface area contributed by atoms with Crippen LogP contribution in [-0.4, -0.2) is 11.5 Å². The average Bonchev–Trinajstić information content (AvgIpc) is 2.01. The molecule has 11 heavy (non-hydrogen) atoms. The minimum Gasteiger partial charge on any atom is -0.330 e. The van der Waals surface area contributed by atoms with E-state index in [1.54, 1.807) is 0 Å². The highest BCUT2D eigenvalue weighted by atomic mass is 14.6. The zero-order valence-corrected chi connectivity index (χ0v) is 6.88. The first-order valence-electron chi connectivity index (χ1n) is 3.94. The second-order valence-corrected chi connectivity index (χ2v) is 2.70. The largest absolute Gasteiger partial charge is 0.330 e. The molecule has 0 aliphatic heterocycles. The fourth-order valence-corrected chi connectivity index (χ4v) is 1.07. The SMILES string of the molecule is Cc1cc(CCCN)ccn1. The third-order valence-electron chi connectivity index (χ3n) is 1.63. The maximum absolute atomic E-state index is 5.40. The van der Waals surface area contributed by atoms with E-state index in [0.717, 1.165) is 25.1 Å². The molecule has 0 aromatic carbocycles. The Morgan fingerprint density at radius 1 is 1.55 bits per heavy atom. The second kappa shape index (κ2) is 4.09. The molecule has 2 heteroatoms. The third-order valence-corrected chi connectivity index (χ3v) is 1.63. The molecule has 0 atom stereocenters. The summed E-state index contributed by atoms with van der Waals surface area (Å²) in [5.41, 5.74) is 7.82.